The van der Waals surface area contributed by atoms with Crippen LogP contribution in [0.4, 0.5) is 0 Å². The van der Waals surface area contributed by atoms with Gasteiger partial charge in [-0.1, -0.05) is 166 Å². The summed E-state index contributed by atoms with van der Waals surface area (Å²) in [5.74, 6) is 1.76. The van der Waals surface area contributed by atoms with Gasteiger partial charge in [-0.15, -0.1) is 29.7 Å². The van der Waals surface area contributed by atoms with E-state index in [4.69, 9.17) is 17.9 Å². The van der Waals surface area contributed by atoms with E-state index in [1.807, 2.05) is 95.7 Å². The van der Waals surface area contributed by atoms with E-state index < -0.39 is 13.7 Å². The zero-order valence-electron chi connectivity index (χ0n) is 49.2. The summed E-state index contributed by atoms with van der Waals surface area (Å²) in [6.45, 7) is 1.28. The molecule has 0 spiro atoms. The average Bonchev–Trinajstić information content (AvgIpc) is 2.06. The van der Waals surface area contributed by atoms with E-state index in [0.717, 1.165) is 99.5 Å². The first-order chi connectivity index (χ1) is 40.6. The van der Waals surface area contributed by atoms with Crippen LogP contribution >= 0.6 is 0 Å². The van der Waals surface area contributed by atoms with Crippen LogP contribution in [0.1, 0.15) is 45.7 Å². The molecule has 1 aliphatic heterocycles. The number of ether oxygens (including phenoxy) is 1. The van der Waals surface area contributed by atoms with Gasteiger partial charge in [0.05, 0.1) is 33.4 Å². The zero-order valence-corrected chi connectivity index (χ0v) is 45.5. The molecule has 14 aromatic rings. The molecule has 0 N–H and O–H groups in total. The van der Waals surface area contributed by atoms with Gasteiger partial charge in [0.2, 0.25) is 0 Å². The van der Waals surface area contributed by atoms with E-state index in [2.05, 4.69) is 162 Å². The summed E-state index contributed by atoms with van der Waals surface area (Å²) in [6, 6.07) is 77.7. The Bertz CT molecular complexity index is 4960. The summed E-state index contributed by atoms with van der Waals surface area (Å²) in [6.07, 6.45) is 5.77. The van der Waals surface area contributed by atoms with Gasteiger partial charge in [0.1, 0.15) is 5.82 Å². The molecule has 0 bridgehead atoms. The number of para-hydroxylation sites is 4. The molecule has 0 fully saturated rings. The van der Waals surface area contributed by atoms with Gasteiger partial charge in [0, 0.05) is 63.3 Å². The van der Waals surface area contributed by atoms with E-state index in [1.54, 1.807) is 0 Å². The van der Waals surface area contributed by atoms with Gasteiger partial charge in [-0.25, -0.2) is 4.98 Å². The molecule has 4 aromatic heterocycles. The monoisotopic (exact) mass is 1200 g/mol. The van der Waals surface area contributed by atoms with Crippen LogP contribution in [0.2, 0.25) is 0 Å². The predicted octanol–water partition coefficient (Wildman–Crippen LogP) is 17.6. The summed E-state index contributed by atoms with van der Waals surface area (Å²) >= 11 is 0. The van der Waals surface area contributed by atoms with Crippen LogP contribution < -0.4 is 9.30 Å². The molecule has 0 unspecified atom stereocenters. The first-order valence-corrected chi connectivity index (χ1v) is 26.2. The number of aryl methyl sites for hydroxylation is 2. The zero-order chi connectivity index (χ0) is 57.4. The minimum absolute atomic E-state index is 0. The molecule has 5 heterocycles. The SMILES string of the molecule is [2H]C([2H])([2H])c1cccc(C([2H])([2H])[2H])c1-c1cc2c(c(-n3c4ccccc4c4ccccc43)c1)-[n+]1[c-]n(-c3[c-]c(Oc4[c-]c5c(cc4)c4ccccc4n5-c4cc(C(C)(C)C)ccn4)ccc3)c3cccc(c31)-c1ccccc1-c1ccccc1-2.[Pt]. The van der Waals surface area contributed by atoms with E-state index in [9.17, 15) is 0 Å². The number of aromatic nitrogens is 5. The Morgan fingerprint density at radius 2 is 1.06 bits per heavy atom. The summed E-state index contributed by atoms with van der Waals surface area (Å²) in [4.78, 5) is 4.89. The van der Waals surface area contributed by atoms with Crippen molar-refractivity contribution < 1.29 is 38.6 Å². The van der Waals surface area contributed by atoms with Crippen molar-refractivity contribution in [3.63, 3.8) is 0 Å². The molecule has 0 radical (unpaired) electrons. The molecule has 0 saturated heterocycles. The molecule has 0 amide bonds. The molecule has 0 saturated carbocycles. The minimum atomic E-state index is -2.66. The van der Waals surface area contributed by atoms with Gasteiger partial charge in [-0.2, -0.15) is 18.2 Å². The van der Waals surface area contributed by atoms with Crippen molar-refractivity contribution in [2.45, 2.75) is 39.9 Å². The fourth-order valence-corrected chi connectivity index (χ4v) is 12.0. The van der Waals surface area contributed by atoms with Crippen molar-refractivity contribution in [3.05, 3.63) is 254 Å². The molecule has 6 nitrogen and oxygen atoms in total. The quantitative estimate of drug-likeness (QED) is 0.123. The molecule has 79 heavy (non-hydrogen) atoms. The van der Waals surface area contributed by atoms with E-state index >= 15 is 0 Å². The Kier molecular flexibility index (Phi) is 9.86. The van der Waals surface area contributed by atoms with Crippen molar-refractivity contribution in [3.8, 4) is 78.9 Å². The number of pyridine rings is 1. The Labute approximate surface area is 481 Å². The van der Waals surface area contributed by atoms with Crippen molar-refractivity contribution >= 4 is 54.6 Å². The molecule has 0 atom stereocenters. The molecule has 15 rings (SSSR count). The van der Waals surface area contributed by atoms with Crippen molar-refractivity contribution in [1.29, 1.82) is 0 Å². The Morgan fingerprint density at radius 1 is 0.506 bits per heavy atom. The molecule has 382 valence electrons. The first-order valence-electron chi connectivity index (χ1n) is 29.2. The third-order valence-electron chi connectivity index (χ3n) is 15.5. The largest absolute Gasteiger partial charge is 0.510 e. The normalized spacial score (nSPS) is 13.5. The topological polar surface area (TPSA) is 40.8 Å². The molecular formula is C72H51N5OPt-2. The number of nitrogens with zero attached hydrogens (tertiary/aromatic N) is 5. The number of fused-ring (bicyclic) bond motifs is 13. The number of benzene rings is 10. The van der Waals surface area contributed by atoms with Crippen LogP contribution in [0, 0.1) is 32.2 Å². The average molecular weight is 1200 g/mol. The fraction of sp³-hybridized carbons (Fsp3) is 0.0833. The van der Waals surface area contributed by atoms with E-state index in [-0.39, 0.29) is 43.2 Å². The minimum Gasteiger partial charge on any atom is -0.510 e. The van der Waals surface area contributed by atoms with Crippen LogP contribution in [0.15, 0.2) is 219 Å². The van der Waals surface area contributed by atoms with Crippen LogP contribution in [0.3, 0.4) is 0 Å². The van der Waals surface area contributed by atoms with Gasteiger partial charge in [-0.3, -0.25) is 4.57 Å². The second kappa shape index (κ2) is 18.5. The van der Waals surface area contributed by atoms with Crippen LogP contribution in [0.25, 0.3) is 122 Å². The molecule has 1 aliphatic rings. The summed E-state index contributed by atoms with van der Waals surface area (Å²) < 4.78 is 68.8. The first kappa shape index (κ1) is 42.0. The van der Waals surface area contributed by atoms with E-state index in [0.29, 0.717) is 28.4 Å². The summed E-state index contributed by atoms with van der Waals surface area (Å²) in [7, 11) is 0. The summed E-state index contributed by atoms with van der Waals surface area (Å²) in [5.41, 5.74) is 14.4. The molecule has 0 aliphatic carbocycles. The van der Waals surface area contributed by atoms with Gasteiger partial charge in [0.25, 0.3) is 6.33 Å². The van der Waals surface area contributed by atoms with Crippen LogP contribution in [-0.2, 0) is 26.5 Å². The maximum absolute atomic E-state index is 8.91. The second-order valence-corrected chi connectivity index (χ2v) is 21.1. The number of hydrogen-bond donors (Lipinski definition) is 0. The summed E-state index contributed by atoms with van der Waals surface area (Å²) in [5, 5.41) is 4.14. The van der Waals surface area contributed by atoms with Crippen molar-refractivity contribution in [1.82, 2.24) is 18.7 Å². The standard InChI is InChI=1S/C72H51N5O.Pt/c1-45-19-16-20-46(2)69(45)47-39-61-55-26-9-7-24-53(55)52-23-6-8-25-54(52)60-30-18-34-65-70(60)75(71(61)67(40-47)76-62-31-13-10-27-56(62)57-28-11-14-32-63(57)76)44-74(65)49-21-17-22-50(42-49)78-51-35-36-59-58-29-12-15-33-64(58)77(66(59)43-51)68-41-48(37-38-73-68)72(3,4)5;/h6-41H,1-5H3;/q-2;/i1D3,2D3;. The van der Waals surface area contributed by atoms with Gasteiger partial charge in [0.15, 0.2) is 0 Å². The Morgan fingerprint density at radius 3 is 1.73 bits per heavy atom. The van der Waals surface area contributed by atoms with Crippen molar-refractivity contribution in [2.75, 3.05) is 0 Å². The third-order valence-corrected chi connectivity index (χ3v) is 15.5. The smallest absolute Gasteiger partial charge is 0.268 e. The van der Waals surface area contributed by atoms with E-state index in [1.165, 1.54) is 23.8 Å². The van der Waals surface area contributed by atoms with Crippen LogP contribution in [0.5, 0.6) is 11.5 Å². The van der Waals surface area contributed by atoms with Gasteiger partial charge >= 0.3 is 0 Å². The molecular weight excluding hydrogens is 1150 g/mol. The van der Waals surface area contributed by atoms with Crippen LogP contribution in [-0.4, -0.2) is 18.7 Å². The molecule has 10 aromatic carbocycles. The predicted molar refractivity (Wildman–Crippen MR) is 318 cm³/mol. The number of rotatable bonds is 6. The van der Waals surface area contributed by atoms with Gasteiger partial charge in [-0.05, 0) is 134 Å². The maximum Gasteiger partial charge on any atom is 0.268 e. The molecule has 7 heteroatoms. The van der Waals surface area contributed by atoms with Gasteiger partial charge < -0.3 is 18.4 Å². The Hall–Kier alpha value is -9.09. The second-order valence-electron chi connectivity index (χ2n) is 21.1. The Balaban J connectivity index is 0.00000640. The number of imidazole rings is 1. The fourth-order valence-electron chi connectivity index (χ4n) is 12.0. The number of hydrogen-bond acceptors (Lipinski definition) is 2. The third kappa shape index (κ3) is 7.64. The maximum atomic E-state index is 8.91. The van der Waals surface area contributed by atoms with Crippen molar-refractivity contribution in [2.24, 2.45) is 0 Å².